The molecule has 0 spiro atoms. The molecule has 0 unspecified atom stereocenters. The molecule has 0 fully saturated rings. The minimum Gasteiger partial charge on any atom is -0.0620 e. The quantitative estimate of drug-likeness (QED) is 0.174. The van der Waals surface area contributed by atoms with E-state index in [0.29, 0.717) is 47.3 Å². The van der Waals surface area contributed by atoms with E-state index >= 15 is 0 Å². The Balaban J connectivity index is 0.000000334. The predicted octanol–water partition coefficient (Wildman–Crippen LogP) is 16.4. The average molecular weight is 677 g/mol. The van der Waals surface area contributed by atoms with Gasteiger partial charge in [-0.2, -0.15) is 0 Å². The molecule has 4 aromatic rings. The molecule has 0 nitrogen and oxygen atoms in total. The van der Waals surface area contributed by atoms with Gasteiger partial charge in [0.1, 0.15) is 0 Å². The summed E-state index contributed by atoms with van der Waals surface area (Å²) >= 11 is 0. The van der Waals surface area contributed by atoms with Gasteiger partial charge in [0.2, 0.25) is 0 Å². The Kier molecular flexibility index (Phi) is 19.7. The fourth-order valence-corrected chi connectivity index (χ4v) is 6.55. The Labute approximate surface area is 311 Å². The summed E-state index contributed by atoms with van der Waals surface area (Å²) in [5.74, 6) is 5.12. The highest BCUT2D eigenvalue weighted by Gasteiger charge is 2.12. The molecule has 0 aromatic heterocycles. The first kappa shape index (κ1) is 44.9. The van der Waals surface area contributed by atoms with Crippen LogP contribution in [-0.4, -0.2) is 0 Å². The van der Waals surface area contributed by atoms with Crippen LogP contribution in [0.25, 0.3) is 0 Å². The lowest BCUT2D eigenvalue weighted by Crippen LogP contribution is -2.00. The van der Waals surface area contributed by atoms with Crippen LogP contribution in [0, 0.1) is 13.8 Å². The lowest BCUT2D eigenvalue weighted by molar-refractivity contribution is 0.787. The van der Waals surface area contributed by atoms with Crippen molar-refractivity contribution < 1.29 is 0 Å². The Hall–Kier alpha value is -3.12. The summed E-state index contributed by atoms with van der Waals surface area (Å²) in [6.45, 7) is 40.5. The minimum atomic E-state index is 0.631. The fraction of sp³-hybridized carbons (Fsp3) is 0.520. The van der Waals surface area contributed by atoms with Crippen molar-refractivity contribution in [1.29, 1.82) is 0 Å². The summed E-state index contributed by atoms with van der Waals surface area (Å²) in [4.78, 5) is 0. The summed E-state index contributed by atoms with van der Waals surface area (Å²) in [7, 11) is 0. The smallest absolute Gasteiger partial charge is 0.0216 e. The first-order valence-corrected chi connectivity index (χ1v) is 19.7. The van der Waals surface area contributed by atoms with Gasteiger partial charge in [0.15, 0.2) is 0 Å². The van der Waals surface area contributed by atoms with Crippen molar-refractivity contribution in [3.05, 3.63) is 141 Å². The van der Waals surface area contributed by atoms with Crippen molar-refractivity contribution in [2.24, 2.45) is 0 Å². The summed E-state index contributed by atoms with van der Waals surface area (Å²) < 4.78 is 0. The van der Waals surface area contributed by atoms with Gasteiger partial charge in [-0.15, -0.1) is 0 Å². The fourth-order valence-electron chi connectivity index (χ4n) is 6.55. The largest absolute Gasteiger partial charge is 0.0620 e. The number of hydrogen-bond acceptors (Lipinski definition) is 0. The summed E-state index contributed by atoms with van der Waals surface area (Å²) in [6.07, 6.45) is 0. The molecule has 0 aliphatic rings. The number of aryl methyl sites for hydroxylation is 2. The van der Waals surface area contributed by atoms with Crippen LogP contribution in [-0.2, 0) is 0 Å². The third-order valence-electron chi connectivity index (χ3n) is 9.66. The van der Waals surface area contributed by atoms with Gasteiger partial charge in [-0.1, -0.05) is 196 Å². The van der Waals surface area contributed by atoms with Gasteiger partial charge in [-0.25, -0.2) is 0 Å². The van der Waals surface area contributed by atoms with Gasteiger partial charge >= 0.3 is 0 Å². The van der Waals surface area contributed by atoms with Crippen LogP contribution in [0.15, 0.2) is 84.9 Å². The van der Waals surface area contributed by atoms with Crippen LogP contribution >= 0.6 is 0 Å². The third-order valence-corrected chi connectivity index (χ3v) is 9.66. The zero-order valence-electron chi connectivity index (χ0n) is 35.7. The topological polar surface area (TPSA) is 0 Å². The van der Waals surface area contributed by atoms with Crippen LogP contribution < -0.4 is 0 Å². The van der Waals surface area contributed by atoms with Crippen molar-refractivity contribution in [2.45, 2.75) is 172 Å². The summed E-state index contributed by atoms with van der Waals surface area (Å²) in [5.41, 5.74) is 14.8. The van der Waals surface area contributed by atoms with Crippen molar-refractivity contribution in [1.82, 2.24) is 0 Å². The van der Waals surface area contributed by atoms with Gasteiger partial charge in [-0.3, -0.25) is 0 Å². The predicted molar refractivity (Wildman–Crippen MR) is 228 cm³/mol. The third kappa shape index (κ3) is 14.2. The SMILES string of the molecule is CC(C)c1ccccc1C(C)C.CC(C)c1ccccc1C(C)C.CC(C)c1ccccc1C(C)C.Cc1cc(C(C)C)c(C(C)C)cc1C. The highest BCUT2D eigenvalue weighted by molar-refractivity contribution is 5.40. The number of hydrogen-bond donors (Lipinski definition) is 0. The summed E-state index contributed by atoms with van der Waals surface area (Å²) in [5, 5.41) is 0. The lowest BCUT2D eigenvalue weighted by Gasteiger charge is -2.18. The molecule has 0 N–H and O–H groups in total. The van der Waals surface area contributed by atoms with E-state index < -0.39 is 0 Å². The minimum absolute atomic E-state index is 0.631. The van der Waals surface area contributed by atoms with Gasteiger partial charge in [-0.05, 0) is 117 Å². The van der Waals surface area contributed by atoms with Crippen molar-refractivity contribution >= 4 is 0 Å². The molecule has 0 heteroatoms. The zero-order chi connectivity index (χ0) is 38.3. The maximum absolute atomic E-state index is 2.36. The second-order valence-corrected chi connectivity index (χ2v) is 16.7. The van der Waals surface area contributed by atoms with Gasteiger partial charge in [0.05, 0.1) is 0 Å². The van der Waals surface area contributed by atoms with Crippen LogP contribution in [0.4, 0.5) is 0 Å². The standard InChI is InChI=1S/C14H22.3C12H18/c1-9(2)13-7-11(5)12(6)8-14(13)10(3)4;3*1-9(2)11-7-5-6-8-12(11)10(3)4/h7-10H,1-6H3;3*5-10H,1-4H3. The van der Waals surface area contributed by atoms with Gasteiger partial charge in [0.25, 0.3) is 0 Å². The lowest BCUT2D eigenvalue weighted by atomic mass is 9.87. The molecule has 0 amide bonds. The molecule has 50 heavy (non-hydrogen) atoms. The van der Waals surface area contributed by atoms with E-state index in [0.717, 1.165) is 0 Å². The molecule has 0 atom stereocenters. The molecule has 0 heterocycles. The second kappa shape index (κ2) is 22.0. The second-order valence-electron chi connectivity index (χ2n) is 16.7. The molecule has 276 valence electrons. The maximum Gasteiger partial charge on any atom is -0.0216 e. The Morgan fingerprint density at radius 2 is 0.380 bits per heavy atom. The van der Waals surface area contributed by atoms with E-state index in [1.807, 2.05) is 0 Å². The highest BCUT2D eigenvalue weighted by atomic mass is 14.2. The molecule has 0 saturated carbocycles. The normalized spacial score (nSPS) is 11.2. The van der Waals surface area contributed by atoms with E-state index in [1.165, 1.54) is 55.6 Å². The van der Waals surface area contributed by atoms with E-state index in [9.17, 15) is 0 Å². The van der Waals surface area contributed by atoms with Crippen LogP contribution in [0.3, 0.4) is 0 Å². The van der Waals surface area contributed by atoms with Crippen LogP contribution in [0.2, 0.25) is 0 Å². The van der Waals surface area contributed by atoms with E-state index in [1.54, 1.807) is 0 Å². The summed E-state index contributed by atoms with van der Waals surface area (Å²) in [6, 6.07) is 30.9. The molecule has 0 radical (unpaired) electrons. The number of rotatable bonds is 8. The van der Waals surface area contributed by atoms with Crippen molar-refractivity contribution in [2.75, 3.05) is 0 Å². The first-order chi connectivity index (χ1) is 23.3. The molecule has 0 bridgehead atoms. The maximum atomic E-state index is 2.36. The molecule has 4 aromatic carbocycles. The molecular formula is C50H76. The van der Waals surface area contributed by atoms with Gasteiger partial charge < -0.3 is 0 Å². The van der Waals surface area contributed by atoms with Crippen molar-refractivity contribution in [3.63, 3.8) is 0 Å². The monoisotopic (exact) mass is 677 g/mol. The zero-order valence-corrected chi connectivity index (χ0v) is 35.7. The molecular weight excluding hydrogens is 601 g/mol. The van der Waals surface area contributed by atoms with Crippen molar-refractivity contribution in [3.8, 4) is 0 Å². The van der Waals surface area contributed by atoms with Crippen LogP contribution in [0.5, 0.6) is 0 Å². The highest BCUT2D eigenvalue weighted by Crippen LogP contribution is 2.29. The Bertz CT molecular complexity index is 1280. The average Bonchev–Trinajstić information content (AvgIpc) is 3.06. The van der Waals surface area contributed by atoms with Crippen LogP contribution in [0.1, 0.15) is 214 Å². The Morgan fingerprint density at radius 3 is 0.500 bits per heavy atom. The molecule has 0 saturated heterocycles. The van der Waals surface area contributed by atoms with E-state index in [2.05, 4.69) is 210 Å². The van der Waals surface area contributed by atoms with E-state index in [-0.39, 0.29) is 0 Å². The molecule has 4 rings (SSSR count). The first-order valence-electron chi connectivity index (χ1n) is 19.7. The van der Waals surface area contributed by atoms with E-state index in [4.69, 9.17) is 0 Å². The molecule has 0 aliphatic heterocycles. The Morgan fingerprint density at radius 1 is 0.240 bits per heavy atom. The number of benzene rings is 4. The van der Waals surface area contributed by atoms with Gasteiger partial charge in [0, 0.05) is 0 Å². The molecule has 0 aliphatic carbocycles.